The van der Waals surface area contributed by atoms with Crippen molar-refractivity contribution in [2.24, 2.45) is 0 Å². The zero-order valence-electron chi connectivity index (χ0n) is 12.9. The van der Waals surface area contributed by atoms with Gasteiger partial charge in [-0.1, -0.05) is 11.6 Å². The van der Waals surface area contributed by atoms with E-state index in [0.717, 1.165) is 18.4 Å². The number of benzene rings is 1. The number of sulfonamides is 1. The van der Waals surface area contributed by atoms with Gasteiger partial charge in [-0.2, -0.15) is 0 Å². The lowest BCUT2D eigenvalue weighted by molar-refractivity contribution is 0.0981. The molecule has 1 aromatic heterocycles. The van der Waals surface area contributed by atoms with E-state index in [4.69, 9.17) is 16.3 Å². The van der Waals surface area contributed by atoms with Crippen LogP contribution in [0.1, 0.15) is 28.0 Å². The van der Waals surface area contributed by atoms with Crippen molar-refractivity contribution in [3.05, 3.63) is 52.3 Å². The quantitative estimate of drug-likeness (QED) is 0.843. The number of hydrogen-bond acceptors (Lipinski definition) is 5. The minimum absolute atomic E-state index is 0.0250. The molecule has 2 heterocycles. The first-order valence-corrected chi connectivity index (χ1v) is 9.18. The Kier molecular flexibility index (Phi) is 4.47. The second kappa shape index (κ2) is 6.41. The summed E-state index contributed by atoms with van der Waals surface area (Å²) in [5, 5.41) is 0.128. The summed E-state index contributed by atoms with van der Waals surface area (Å²) in [4.78, 5) is 16.2. The molecule has 6 nitrogen and oxygen atoms in total. The van der Waals surface area contributed by atoms with E-state index < -0.39 is 15.9 Å². The number of pyridine rings is 1. The molecule has 1 aliphatic heterocycles. The molecule has 0 saturated carbocycles. The number of aromatic nitrogens is 1. The molecule has 1 aromatic carbocycles. The Bertz CT molecular complexity index is 892. The molecule has 1 amide bonds. The van der Waals surface area contributed by atoms with Crippen LogP contribution in [0.25, 0.3) is 0 Å². The zero-order chi connectivity index (χ0) is 17.3. The highest BCUT2D eigenvalue weighted by molar-refractivity contribution is 7.90. The van der Waals surface area contributed by atoms with Gasteiger partial charge in [0.15, 0.2) is 0 Å². The number of carbonyl (C=O) groups is 1. The first-order valence-electron chi connectivity index (χ1n) is 7.32. The number of ether oxygens (including phenoxy) is 1. The normalized spacial score (nSPS) is 13.8. The number of carbonyl (C=O) groups excluding carboxylic acids is 1. The smallest absolute Gasteiger partial charge is 0.265 e. The van der Waals surface area contributed by atoms with Crippen molar-refractivity contribution < 1.29 is 17.9 Å². The molecule has 0 aliphatic carbocycles. The van der Waals surface area contributed by atoms with E-state index in [1.807, 2.05) is 0 Å². The Morgan fingerprint density at radius 1 is 1.29 bits per heavy atom. The third-order valence-corrected chi connectivity index (χ3v) is 5.12. The summed E-state index contributed by atoms with van der Waals surface area (Å²) < 4.78 is 32.4. The lowest BCUT2D eigenvalue weighted by Gasteiger charge is -2.18. The average molecular weight is 367 g/mol. The van der Waals surface area contributed by atoms with E-state index >= 15 is 0 Å². The van der Waals surface area contributed by atoms with Crippen LogP contribution in [0.5, 0.6) is 5.75 Å². The van der Waals surface area contributed by atoms with E-state index in [9.17, 15) is 13.2 Å². The molecule has 126 valence electrons. The van der Waals surface area contributed by atoms with E-state index in [1.165, 1.54) is 24.3 Å². The summed E-state index contributed by atoms with van der Waals surface area (Å²) in [6.45, 7) is 2.29. The van der Waals surface area contributed by atoms with Crippen LogP contribution >= 0.6 is 11.6 Å². The minimum atomic E-state index is -3.99. The van der Waals surface area contributed by atoms with Gasteiger partial charge in [-0.25, -0.2) is 18.1 Å². The monoisotopic (exact) mass is 366 g/mol. The number of aryl methyl sites for hydroxylation is 2. The van der Waals surface area contributed by atoms with Gasteiger partial charge in [-0.3, -0.25) is 4.79 Å². The molecular weight excluding hydrogens is 352 g/mol. The molecule has 0 fully saturated rings. The van der Waals surface area contributed by atoms with Crippen molar-refractivity contribution >= 4 is 27.5 Å². The van der Waals surface area contributed by atoms with Gasteiger partial charge in [-0.15, -0.1) is 0 Å². The molecule has 2 aromatic rings. The first-order chi connectivity index (χ1) is 11.3. The number of fused-ring (bicyclic) bond motifs is 1. The molecule has 3 rings (SSSR count). The number of amides is 1. The maximum atomic E-state index is 12.5. The fourth-order valence-corrected chi connectivity index (χ4v) is 3.78. The van der Waals surface area contributed by atoms with Gasteiger partial charge in [0.25, 0.3) is 15.9 Å². The fourth-order valence-electron chi connectivity index (χ4n) is 2.50. The van der Waals surface area contributed by atoms with E-state index in [-0.39, 0.29) is 15.6 Å². The Labute approximate surface area is 144 Å². The maximum Gasteiger partial charge on any atom is 0.265 e. The van der Waals surface area contributed by atoms with Gasteiger partial charge in [0.2, 0.25) is 0 Å². The van der Waals surface area contributed by atoms with Crippen molar-refractivity contribution in [1.82, 2.24) is 9.71 Å². The Balaban J connectivity index is 1.87. The van der Waals surface area contributed by atoms with E-state index in [0.29, 0.717) is 18.1 Å². The van der Waals surface area contributed by atoms with Crippen LogP contribution in [0.2, 0.25) is 5.15 Å². The van der Waals surface area contributed by atoms with Crippen molar-refractivity contribution in [3.63, 3.8) is 0 Å². The summed E-state index contributed by atoms with van der Waals surface area (Å²) >= 11 is 5.81. The lowest BCUT2D eigenvalue weighted by Crippen LogP contribution is -2.30. The molecule has 1 N–H and O–H groups in total. The lowest BCUT2D eigenvalue weighted by atomic mass is 10.1. The molecule has 0 unspecified atom stereocenters. The number of hydrogen-bond donors (Lipinski definition) is 1. The van der Waals surface area contributed by atoms with Crippen molar-refractivity contribution in [2.75, 3.05) is 6.61 Å². The predicted octanol–water partition coefficient (Wildman–Crippen LogP) is 2.49. The van der Waals surface area contributed by atoms with Crippen LogP contribution in [0, 0.1) is 6.92 Å². The predicted molar refractivity (Wildman–Crippen MR) is 88.9 cm³/mol. The minimum Gasteiger partial charge on any atom is -0.493 e. The Morgan fingerprint density at radius 2 is 2.08 bits per heavy atom. The fraction of sp³-hybridized carbons (Fsp3) is 0.250. The Hall–Kier alpha value is -2.12. The maximum absolute atomic E-state index is 12.5. The summed E-state index contributed by atoms with van der Waals surface area (Å²) in [5.41, 5.74) is 1.48. The van der Waals surface area contributed by atoms with Crippen LogP contribution in [-0.2, 0) is 16.4 Å². The van der Waals surface area contributed by atoms with E-state index in [1.54, 1.807) is 13.0 Å². The molecule has 0 atom stereocenters. The topological polar surface area (TPSA) is 85.4 Å². The van der Waals surface area contributed by atoms with Crippen LogP contribution < -0.4 is 9.46 Å². The zero-order valence-corrected chi connectivity index (χ0v) is 14.4. The Morgan fingerprint density at radius 3 is 2.83 bits per heavy atom. The standard InChI is InChI=1S/C16H15ClN2O4S/c1-10-7-12(9-15(17)18-10)16(20)19-24(21,22)13-4-5-14-11(8-13)3-2-6-23-14/h4-5,7-9H,2-3,6H2,1H3,(H,19,20). The number of rotatable bonds is 3. The number of halogens is 1. The van der Waals surface area contributed by atoms with Crippen molar-refractivity contribution in [1.29, 1.82) is 0 Å². The molecule has 0 spiro atoms. The first kappa shape index (κ1) is 16.7. The molecular formula is C16H15ClN2O4S. The van der Waals surface area contributed by atoms with Crippen LogP contribution in [0.4, 0.5) is 0 Å². The largest absolute Gasteiger partial charge is 0.493 e. The van der Waals surface area contributed by atoms with Gasteiger partial charge in [0.1, 0.15) is 10.9 Å². The second-order valence-corrected chi connectivity index (χ2v) is 7.55. The van der Waals surface area contributed by atoms with Gasteiger partial charge in [0, 0.05) is 11.3 Å². The van der Waals surface area contributed by atoms with Gasteiger partial charge >= 0.3 is 0 Å². The molecule has 0 bridgehead atoms. The van der Waals surface area contributed by atoms with Crippen molar-refractivity contribution in [2.45, 2.75) is 24.7 Å². The van der Waals surface area contributed by atoms with Crippen LogP contribution in [0.15, 0.2) is 35.2 Å². The number of nitrogens with one attached hydrogen (secondary N) is 1. The summed E-state index contributed by atoms with van der Waals surface area (Å²) in [5.74, 6) is -0.0700. The summed E-state index contributed by atoms with van der Waals surface area (Å²) in [6.07, 6.45) is 1.57. The molecule has 24 heavy (non-hydrogen) atoms. The molecule has 0 saturated heterocycles. The third kappa shape index (κ3) is 3.52. The number of nitrogens with zero attached hydrogens (tertiary/aromatic N) is 1. The van der Waals surface area contributed by atoms with Crippen molar-refractivity contribution in [3.8, 4) is 5.75 Å². The highest BCUT2D eigenvalue weighted by Crippen LogP contribution is 2.27. The molecule has 0 radical (unpaired) electrons. The van der Waals surface area contributed by atoms with Gasteiger partial charge < -0.3 is 4.74 Å². The van der Waals surface area contributed by atoms with E-state index in [2.05, 4.69) is 9.71 Å². The van der Waals surface area contributed by atoms with Crippen LogP contribution in [-0.4, -0.2) is 25.9 Å². The van der Waals surface area contributed by atoms with Gasteiger partial charge in [0.05, 0.1) is 11.5 Å². The van der Waals surface area contributed by atoms with Crippen LogP contribution in [0.3, 0.4) is 0 Å². The highest BCUT2D eigenvalue weighted by atomic mass is 35.5. The third-order valence-electron chi connectivity index (χ3n) is 3.60. The van der Waals surface area contributed by atoms with Gasteiger partial charge in [-0.05, 0) is 55.7 Å². The average Bonchev–Trinajstić information content (AvgIpc) is 2.53. The summed E-state index contributed by atoms with van der Waals surface area (Å²) in [7, 11) is -3.99. The highest BCUT2D eigenvalue weighted by Gasteiger charge is 2.21. The second-order valence-electron chi connectivity index (χ2n) is 5.48. The molecule has 8 heteroatoms. The summed E-state index contributed by atoms with van der Waals surface area (Å²) in [6, 6.07) is 7.36. The SMILES string of the molecule is Cc1cc(C(=O)NS(=O)(=O)c2ccc3c(c2)CCCO3)cc(Cl)n1. The molecule has 1 aliphatic rings.